The summed E-state index contributed by atoms with van der Waals surface area (Å²) in [5.74, 6) is -1.34. The van der Waals surface area contributed by atoms with Crippen LogP contribution in [0.1, 0.15) is 36.8 Å². The van der Waals surface area contributed by atoms with Gasteiger partial charge >= 0.3 is 12.0 Å². The van der Waals surface area contributed by atoms with Crippen molar-refractivity contribution in [3.8, 4) is 0 Å². The Hall–Kier alpha value is -2.57. The number of para-hydroxylation sites is 1. The zero-order chi connectivity index (χ0) is 19.3. The van der Waals surface area contributed by atoms with E-state index in [9.17, 15) is 14.4 Å². The fourth-order valence-corrected chi connectivity index (χ4v) is 3.25. The van der Waals surface area contributed by atoms with Crippen LogP contribution in [-0.4, -0.2) is 47.5 Å². The fourth-order valence-electron chi connectivity index (χ4n) is 3.25. The molecule has 0 bridgehead atoms. The van der Waals surface area contributed by atoms with Gasteiger partial charge in [-0.05, 0) is 50.7 Å². The van der Waals surface area contributed by atoms with Crippen LogP contribution in [0.2, 0.25) is 0 Å². The van der Waals surface area contributed by atoms with Crippen LogP contribution in [0.5, 0.6) is 0 Å². The second kappa shape index (κ2) is 8.69. The molecule has 1 aromatic carbocycles. The number of amides is 3. The summed E-state index contributed by atoms with van der Waals surface area (Å²) in [6, 6.07) is 5.42. The lowest BCUT2D eigenvalue weighted by Gasteiger charge is -2.28. The van der Waals surface area contributed by atoms with Gasteiger partial charge in [0.15, 0.2) is 0 Å². The summed E-state index contributed by atoms with van der Waals surface area (Å²) in [4.78, 5) is 36.8. The number of carbonyl (C=O) groups is 3. The zero-order valence-corrected chi connectivity index (χ0v) is 15.5. The molecule has 142 valence electrons. The van der Waals surface area contributed by atoms with Gasteiger partial charge in [0.1, 0.15) is 6.54 Å². The molecule has 2 rings (SSSR count). The van der Waals surface area contributed by atoms with Crippen LogP contribution in [0.15, 0.2) is 18.2 Å². The number of nitrogens with zero attached hydrogens (tertiary/aromatic N) is 1. The van der Waals surface area contributed by atoms with Crippen LogP contribution in [0, 0.1) is 19.8 Å². The Morgan fingerprint density at radius 2 is 1.69 bits per heavy atom. The minimum Gasteiger partial charge on any atom is -0.481 e. The average molecular weight is 361 g/mol. The van der Waals surface area contributed by atoms with Gasteiger partial charge < -0.3 is 20.6 Å². The molecule has 3 N–H and O–H groups in total. The minimum atomic E-state index is -0.768. The highest BCUT2D eigenvalue weighted by atomic mass is 16.4. The smallest absolute Gasteiger partial charge is 0.317 e. The molecule has 7 nitrogen and oxygen atoms in total. The van der Waals surface area contributed by atoms with Crippen LogP contribution in [0.25, 0.3) is 0 Å². The Bertz CT molecular complexity index is 661. The van der Waals surface area contributed by atoms with E-state index in [2.05, 4.69) is 10.6 Å². The monoisotopic (exact) mass is 361 g/mol. The van der Waals surface area contributed by atoms with Crippen molar-refractivity contribution in [2.45, 2.75) is 45.6 Å². The highest BCUT2D eigenvalue weighted by molar-refractivity contribution is 5.95. The van der Waals surface area contributed by atoms with Gasteiger partial charge in [0, 0.05) is 18.8 Å². The first kappa shape index (κ1) is 19.8. The first-order valence-electron chi connectivity index (χ1n) is 8.88. The molecule has 0 radical (unpaired) electrons. The van der Waals surface area contributed by atoms with E-state index < -0.39 is 5.97 Å². The summed E-state index contributed by atoms with van der Waals surface area (Å²) < 4.78 is 0. The Kier molecular flexibility index (Phi) is 6.60. The molecular weight excluding hydrogens is 334 g/mol. The third-order valence-electron chi connectivity index (χ3n) is 4.88. The van der Waals surface area contributed by atoms with Crippen LogP contribution >= 0.6 is 0 Å². The van der Waals surface area contributed by atoms with Crippen molar-refractivity contribution >= 4 is 23.6 Å². The molecule has 1 aliphatic rings. The predicted molar refractivity (Wildman–Crippen MR) is 99.1 cm³/mol. The van der Waals surface area contributed by atoms with E-state index in [0.717, 1.165) is 16.8 Å². The van der Waals surface area contributed by atoms with E-state index in [1.54, 1.807) is 7.05 Å². The molecule has 1 aromatic rings. The molecule has 0 spiro atoms. The van der Waals surface area contributed by atoms with Crippen molar-refractivity contribution in [2.24, 2.45) is 5.92 Å². The molecule has 26 heavy (non-hydrogen) atoms. The Morgan fingerprint density at radius 1 is 1.12 bits per heavy atom. The Balaban J connectivity index is 1.81. The molecule has 0 aromatic heterocycles. The minimum absolute atomic E-state index is 0.0396. The largest absolute Gasteiger partial charge is 0.481 e. The summed E-state index contributed by atoms with van der Waals surface area (Å²) in [6.07, 6.45) is 2.42. The van der Waals surface area contributed by atoms with E-state index in [1.165, 1.54) is 4.90 Å². The van der Waals surface area contributed by atoms with Crippen LogP contribution in [0.3, 0.4) is 0 Å². The molecule has 3 amide bonds. The number of urea groups is 1. The van der Waals surface area contributed by atoms with Crippen molar-refractivity contribution in [3.63, 3.8) is 0 Å². The zero-order valence-electron chi connectivity index (χ0n) is 15.5. The van der Waals surface area contributed by atoms with Crippen molar-refractivity contribution in [2.75, 3.05) is 18.9 Å². The van der Waals surface area contributed by atoms with Gasteiger partial charge in [-0.2, -0.15) is 0 Å². The third-order valence-corrected chi connectivity index (χ3v) is 4.88. The quantitative estimate of drug-likeness (QED) is 0.750. The molecule has 7 heteroatoms. The van der Waals surface area contributed by atoms with Crippen LogP contribution in [0.4, 0.5) is 10.5 Å². The second-order valence-electron chi connectivity index (χ2n) is 7.01. The molecule has 0 unspecified atom stereocenters. The second-order valence-corrected chi connectivity index (χ2v) is 7.01. The molecule has 1 aliphatic carbocycles. The van der Waals surface area contributed by atoms with Crippen LogP contribution < -0.4 is 10.6 Å². The first-order chi connectivity index (χ1) is 12.3. The maximum atomic E-state index is 12.3. The number of aliphatic carboxylic acids is 1. The van der Waals surface area contributed by atoms with E-state index in [4.69, 9.17) is 5.11 Å². The molecule has 1 fully saturated rings. The highest BCUT2D eigenvalue weighted by Crippen LogP contribution is 2.24. The molecule has 0 atom stereocenters. The molecule has 0 saturated heterocycles. The number of likely N-dealkylation sites (N-methyl/N-ethyl adjacent to an activating group) is 1. The molecule has 1 saturated carbocycles. The summed E-state index contributed by atoms with van der Waals surface area (Å²) in [5.41, 5.74) is 2.72. The number of hydrogen-bond acceptors (Lipinski definition) is 3. The number of benzene rings is 1. The lowest BCUT2D eigenvalue weighted by molar-refractivity contribution is -0.142. The summed E-state index contributed by atoms with van der Waals surface area (Å²) in [5, 5.41) is 14.8. The lowest BCUT2D eigenvalue weighted by Crippen LogP contribution is -2.47. The average Bonchev–Trinajstić information content (AvgIpc) is 2.58. The van der Waals surface area contributed by atoms with E-state index in [-0.39, 0.29) is 30.4 Å². The molecule has 0 heterocycles. The molecule has 0 aliphatic heterocycles. The maximum absolute atomic E-state index is 12.3. The summed E-state index contributed by atoms with van der Waals surface area (Å²) in [6.45, 7) is 3.79. The number of carbonyl (C=O) groups excluding carboxylic acids is 2. The summed E-state index contributed by atoms with van der Waals surface area (Å²) >= 11 is 0. The SMILES string of the molecule is Cc1cccc(C)c1NC(=O)CN(C)C(=O)NC1CCC(C(=O)O)CC1. The number of carboxylic acids is 1. The predicted octanol–water partition coefficient (Wildman–Crippen LogP) is 2.53. The van der Waals surface area contributed by atoms with E-state index >= 15 is 0 Å². The number of carboxylic acid groups (broad SMARTS) is 1. The Morgan fingerprint density at radius 3 is 2.23 bits per heavy atom. The lowest BCUT2D eigenvalue weighted by atomic mass is 9.86. The van der Waals surface area contributed by atoms with Gasteiger partial charge in [-0.25, -0.2) is 4.79 Å². The van der Waals surface area contributed by atoms with Crippen molar-refractivity contribution in [1.82, 2.24) is 10.2 Å². The number of hydrogen-bond donors (Lipinski definition) is 3. The number of rotatable bonds is 5. The van der Waals surface area contributed by atoms with Crippen LogP contribution in [-0.2, 0) is 9.59 Å². The van der Waals surface area contributed by atoms with Crippen molar-refractivity contribution in [1.29, 1.82) is 0 Å². The van der Waals surface area contributed by atoms with Gasteiger partial charge in [0.2, 0.25) is 5.91 Å². The standard InChI is InChI=1S/C19H27N3O4/c1-12-5-4-6-13(2)17(12)21-16(23)11-22(3)19(26)20-15-9-7-14(8-10-15)18(24)25/h4-6,14-15H,7-11H2,1-3H3,(H,20,26)(H,21,23)(H,24,25). The third kappa shape index (κ3) is 5.21. The van der Waals surface area contributed by atoms with Gasteiger partial charge in [0.25, 0.3) is 0 Å². The number of aryl methyl sites for hydroxylation is 2. The number of anilines is 1. The van der Waals surface area contributed by atoms with Gasteiger partial charge in [0.05, 0.1) is 5.92 Å². The molecular formula is C19H27N3O4. The normalized spacial score (nSPS) is 19.5. The van der Waals surface area contributed by atoms with Gasteiger partial charge in [-0.3, -0.25) is 9.59 Å². The number of nitrogens with one attached hydrogen (secondary N) is 2. The van der Waals surface area contributed by atoms with Gasteiger partial charge in [-0.1, -0.05) is 18.2 Å². The topological polar surface area (TPSA) is 98.7 Å². The highest BCUT2D eigenvalue weighted by Gasteiger charge is 2.27. The maximum Gasteiger partial charge on any atom is 0.317 e. The summed E-state index contributed by atoms with van der Waals surface area (Å²) in [7, 11) is 1.57. The fraction of sp³-hybridized carbons (Fsp3) is 0.526. The first-order valence-corrected chi connectivity index (χ1v) is 8.88. The Labute approximate surface area is 153 Å². The van der Waals surface area contributed by atoms with Crippen molar-refractivity contribution in [3.05, 3.63) is 29.3 Å². The van der Waals surface area contributed by atoms with E-state index in [0.29, 0.717) is 25.7 Å². The van der Waals surface area contributed by atoms with Gasteiger partial charge in [-0.15, -0.1) is 0 Å². The van der Waals surface area contributed by atoms with Crippen molar-refractivity contribution < 1.29 is 19.5 Å². The van der Waals surface area contributed by atoms with E-state index in [1.807, 2.05) is 32.0 Å².